The standard InChI is InChI=1S/C43H27N7/c1-3-15-28(16-4-1)36-27-37(29-17-5-2-6-18-29)47-42(46-36)38-30-19-7-9-21-32(30)39(33-22-10-8-20-31(33)38)43-49-40(34-23-11-13-25-44-34)48-41(50-43)35-24-12-14-26-45-35/h1-27H. The Morgan fingerprint density at radius 1 is 0.280 bits per heavy atom. The van der Waals surface area contributed by atoms with Gasteiger partial charge >= 0.3 is 0 Å². The molecule has 0 aliphatic rings. The fourth-order valence-corrected chi connectivity index (χ4v) is 6.39. The Hall–Kier alpha value is -6.99. The van der Waals surface area contributed by atoms with Gasteiger partial charge in [0.05, 0.1) is 11.4 Å². The zero-order valence-electron chi connectivity index (χ0n) is 26.7. The summed E-state index contributed by atoms with van der Waals surface area (Å²) in [6.45, 7) is 0. The molecule has 0 unspecified atom stereocenters. The van der Waals surface area contributed by atoms with Gasteiger partial charge in [-0.2, -0.15) is 0 Å². The second-order valence-electron chi connectivity index (χ2n) is 11.8. The largest absolute Gasteiger partial charge is 0.253 e. The van der Waals surface area contributed by atoms with E-state index in [9.17, 15) is 0 Å². The van der Waals surface area contributed by atoms with Gasteiger partial charge in [-0.05, 0) is 51.9 Å². The first-order valence-electron chi connectivity index (χ1n) is 16.3. The second-order valence-corrected chi connectivity index (χ2v) is 11.8. The lowest BCUT2D eigenvalue weighted by Gasteiger charge is -2.17. The molecule has 9 aromatic rings. The van der Waals surface area contributed by atoms with Crippen molar-refractivity contribution >= 4 is 21.5 Å². The van der Waals surface area contributed by atoms with E-state index in [2.05, 4.69) is 76.7 Å². The first-order chi connectivity index (χ1) is 24.8. The maximum Gasteiger partial charge on any atom is 0.182 e. The van der Waals surface area contributed by atoms with E-state index in [1.165, 1.54) is 0 Å². The highest BCUT2D eigenvalue weighted by molar-refractivity contribution is 6.20. The first-order valence-corrected chi connectivity index (χ1v) is 16.3. The molecule has 0 radical (unpaired) electrons. The van der Waals surface area contributed by atoms with Crippen LogP contribution in [0.3, 0.4) is 0 Å². The van der Waals surface area contributed by atoms with Crippen molar-refractivity contribution < 1.29 is 0 Å². The highest BCUT2D eigenvalue weighted by Crippen LogP contribution is 2.43. The van der Waals surface area contributed by atoms with E-state index in [1.807, 2.05) is 84.9 Å². The molecule has 0 fully saturated rings. The van der Waals surface area contributed by atoms with Crippen LogP contribution in [0.5, 0.6) is 0 Å². The van der Waals surface area contributed by atoms with Crippen molar-refractivity contribution in [2.24, 2.45) is 0 Å². The molecule has 9 rings (SSSR count). The highest BCUT2D eigenvalue weighted by Gasteiger charge is 2.22. The summed E-state index contributed by atoms with van der Waals surface area (Å²) in [5.74, 6) is 2.12. The van der Waals surface area contributed by atoms with Crippen molar-refractivity contribution in [3.63, 3.8) is 0 Å². The lowest BCUT2D eigenvalue weighted by molar-refractivity contribution is 1.05. The van der Waals surface area contributed by atoms with Crippen LogP contribution in [0.15, 0.2) is 164 Å². The Balaban J connectivity index is 1.35. The van der Waals surface area contributed by atoms with Crippen molar-refractivity contribution in [3.8, 4) is 68.3 Å². The van der Waals surface area contributed by atoms with Gasteiger partial charge in [0.15, 0.2) is 23.3 Å². The summed E-state index contributed by atoms with van der Waals surface area (Å²) in [5.41, 5.74) is 6.88. The Labute approximate surface area is 288 Å². The van der Waals surface area contributed by atoms with E-state index >= 15 is 0 Å². The first kappa shape index (κ1) is 29.2. The van der Waals surface area contributed by atoms with Crippen LogP contribution in [-0.4, -0.2) is 34.9 Å². The van der Waals surface area contributed by atoms with E-state index in [1.54, 1.807) is 12.4 Å². The summed E-state index contributed by atoms with van der Waals surface area (Å²) in [6, 6.07) is 50.7. The van der Waals surface area contributed by atoms with Gasteiger partial charge in [-0.15, -0.1) is 0 Å². The average Bonchev–Trinajstić information content (AvgIpc) is 3.21. The summed E-state index contributed by atoms with van der Waals surface area (Å²) in [6.07, 6.45) is 3.48. The van der Waals surface area contributed by atoms with Crippen LogP contribution in [0.4, 0.5) is 0 Å². The molecular weight excluding hydrogens is 615 g/mol. The van der Waals surface area contributed by atoms with Crippen molar-refractivity contribution in [1.82, 2.24) is 34.9 Å². The molecule has 0 saturated heterocycles. The van der Waals surface area contributed by atoms with Crippen LogP contribution < -0.4 is 0 Å². The van der Waals surface area contributed by atoms with Crippen LogP contribution in [-0.2, 0) is 0 Å². The molecule has 4 aromatic heterocycles. The number of benzene rings is 5. The Morgan fingerprint density at radius 3 is 1.04 bits per heavy atom. The van der Waals surface area contributed by atoms with E-state index in [4.69, 9.17) is 24.9 Å². The van der Waals surface area contributed by atoms with Crippen LogP contribution in [0.2, 0.25) is 0 Å². The Morgan fingerprint density at radius 2 is 0.640 bits per heavy atom. The molecule has 0 saturated carbocycles. The number of hydrogen-bond acceptors (Lipinski definition) is 7. The van der Waals surface area contributed by atoms with Crippen molar-refractivity contribution in [2.45, 2.75) is 0 Å². The molecule has 0 bridgehead atoms. The quantitative estimate of drug-likeness (QED) is 0.167. The molecular formula is C43H27N7. The van der Waals surface area contributed by atoms with E-state index in [0.29, 0.717) is 34.7 Å². The summed E-state index contributed by atoms with van der Waals surface area (Å²) < 4.78 is 0. The number of nitrogens with zero attached hydrogens (tertiary/aromatic N) is 7. The average molecular weight is 642 g/mol. The molecule has 0 aliphatic carbocycles. The van der Waals surface area contributed by atoms with Gasteiger partial charge in [0, 0.05) is 34.6 Å². The van der Waals surface area contributed by atoms with Gasteiger partial charge in [0.2, 0.25) is 0 Å². The fraction of sp³-hybridized carbons (Fsp3) is 0. The third-order valence-corrected chi connectivity index (χ3v) is 8.67. The SMILES string of the molecule is c1ccc(-c2cc(-c3ccccc3)nc(-c3c4ccccc4c(-c4nc(-c5ccccn5)nc(-c5ccccn5)n4)c4ccccc34)n2)cc1. The van der Waals surface area contributed by atoms with Gasteiger partial charge in [-0.3, -0.25) is 9.97 Å². The number of rotatable bonds is 6. The minimum atomic E-state index is 0.472. The van der Waals surface area contributed by atoms with Gasteiger partial charge in [-0.1, -0.05) is 121 Å². The molecule has 7 heteroatoms. The predicted molar refractivity (Wildman–Crippen MR) is 199 cm³/mol. The summed E-state index contributed by atoms with van der Waals surface area (Å²) >= 11 is 0. The Kier molecular flexibility index (Phi) is 7.33. The molecule has 0 atom stereocenters. The molecule has 7 nitrogen and oxygen atoms in total. The minimum Gasteiger partial charge on any atom is -0.253 e. The highest BCUT2D eigenvalue weighted by atomic mass is 15.1. The molecule has 4 heterocycles. The molecule has 0 N–H and O–H groups in total. The van der Waals surface area contributed by atoms with E-state index in [0.717, 1.165) is 55.2 Å². The third-order valence-electron chi connectivity index (χ3n) is 8.67. The van der Waals surface area contributed by atoms with Gasteiger partial charge in [-0.25, -0.2) is 24.9 Å². The van der Waals surface area contributed by atoms with Crippen LogP contribution in [0.1, 0.15) is 0 Å². The second kappa shape index (κ2) is 12.6. The number of pyridine rings is 2. The molecule has 0 amide bonds. The van der Waals surface area contributed by atoms with Crippen molar-refractivity contribution in [2.75, 3.05) is 0 Å². The zero-order valence-corrected chi connectivity index (χ0v) is 26.7. The summed E-state index contributed by atoms with van der Waals surface area (Å²) in [5, 5.41) is 3.93. The van der Waals surface area contributed by atoms with Crippen LogP contribution in [0.25, 0.3) is 89.9 Å². The van der Waals surface area contributed by atoms with E-state index in [-0.39, 0.29) is 0 Å². The van der Waals surface area contributed by atoms with Crippen molar-refractivity contribution in [1.29, 1.82) is 0 Å². The number of aromatic nitrogens is 7. The third kappa shape index (κ3) is 5.33. The predicted octanol–water partition coefficient (Wildman–Crippen LogP) is 9.76. The van der Waals surface area contributed by atoms with Gasteiger partial charge in [0.25, 0.3) is 0 Å². The normalized spacial score (nSPS) is 11.2. The molecule has 50 heavy (non-hydrogen) atoms. The molecule has 0 spiro atoms. The van der Waals surface area contributed by atoms with E-state index < -0.39 is 0 Å². The lowest BCUT2D eigenvalue weighted by Crippen LogP contribution is -2.03. The fourth-order valence-electron chi connectivity index (χ4n) is 6.39. The number of fused-ring (bicyclic) bond motifs is 2. The number of hydrogen-bond donors (Lipinski definition) is 0. The maximum atomic E-state index is 5.24. The smallest absolute Gasteiger partial charge is 0.182 e. The maximum absolute atomic E-state index is 5.24. The summed E-state index contributed by atoms with van der Waals surface area (Å²) in [7, 11) is 0. The monoisotopic (exact) mass is 641 g/mol. The Bertz CT molecular complexity index is 2270. The molecule has 234 valence electrons. The lowest BCUT2D eigenvalue weighted by atomic mass is 9.90. The van der Waals surface area contributed by atoms with Crippen molar-refractivity contribution in [3.05, 3.63) is 164 Å². The minimum absolute atomic E-state index is 0.472. The van der Waals surface area contributed by atoms with Crippen LogP contribution in [0, 0.1) is 0 Å². The topological polar surface area (TPSA) is 90.2 Å². The zero-order chi connectivity index (χ0) is 33.3. The van der Waals surface area contributed by atoms with Gasteiger partial charge in [0.1, 0.15) is 11.4 Å². The molecule has 5 aromatic carbocycles. The van der Waals surface area contributed by atoms with Crippen LogP contribution >= 0.6 is 0 Å². The molecule has 0 aliphatic heterocycles. The summed E-state index contributed by atoms with van der Waals surface area (Å²) in [4.78, 5) is 34.6. The van der Waals surface area contributed by atoms with Gasteiger partial charge < -0.3 is 0 Å².